The van der Waals surface area contributed by atoms with Gasteiger partial charge in [-0.1, -0.05) is 13.3 Å². The molecule has 2 rings (SSSR count). The van der Waals surface area contributed by atoms with Crippen LogP contribution >= 0.6 is 0 Å². The van der Waals surface area contributed by atoms with Crippen LogP contribution in [-0.2, 0) is 6.42 Å². The number of nitrogens with zero attached hydrogens (tertiary/aromatic N) is 3. The van der Waals surface area contributed by atoms with Gasteiger partial charge in [0.1, 0.15) is 0 Å². The Morgan fingerprint density at radius 2 is 2.06 bits per heavy atom. The second-order valence-corrected chi connectivity index (χ2v) is 5.12. The highest BCUT2D eigenvalue weighted by Crippen LogP contribution is 2.20. The lowest BCUT2D eigenvalue weighted by molar-refractivity contribution is 0.392. The Morgan fingerprint density at radius 3 is 2.61 bits per heavy atom. The number of aryl methyl sites for hydroxylation is 1. The molecule has 0 aromatic carbocycles. The molecule has 1 saturated heterocycles. The number of nitrogens with one attached hydrogen (secondary N) is 1. The van der Waals surface area contributed by atoms with Crippen LogP contribution in [0.3, 0.4) is 0 Å². The molecule has 0 amide bonds. The van der Waals surface area contributed by atoms with E-state index in [1.165, 1.54) is 12.8 Å². The normalized spacial score (nSPS) is 17.1. The Balaban J connectivity index is 1.89. The van der Waals surface area contributed by atoms with Crippen molar-refractivity contribution in [1.82, 2.24) is 15.5 Å². The Hall–Kier alpha value is -1.16. The molecule has 1 N–H and O–H groups in total. The smallest absolute Gasteiger partial charge is 0.151 e. The van der Waals surface area contributed by atoms with Crippen molar-refractivity contribution in [2.45, 2.75) is 32.6 Å². The number of hydrogen-bond acceptors (Lipinski definition) is 4. The summed E-state index contributed by atoms with van der Waals surface area (Å²) in [4.78, 5) is 2.36. The van der Waals surface area contributed by atoms with Crippen molar-refractivity contribution in [3.8, 4) is 0 Å². The summed E-state index contributed by atoms with van der Waals surface area (Å²) in [5.74, 6) is 1.86. The Kier molecular flexibility index (Phi) is 4.93. The molecule has 2 heterocycles. The van der Waals surface area contributed by atoms with E-state index in [4.69, 9.17) is 0 Å². The van der Waals surface area contributed by atoms with Gasteiger partial charge in [0.2, 0.25) is 0 Å². The third-order valence-corrected chi connectivity index (χ3v) is 3.64. The predicted octanol–water partition coefficient (Wildman–Crippen LogP) is 1.86. The van der Waals surface area contributed by atoms with Crippen LogP contribution in [0.5, 0.6) is 0 Å². The van der Waals surface area contributed by atoms with Crippen LogP contribution < -0.4 is 10.2 Å². The first-order valence-electron chi connectivity index (χ1n) is 7.05. The summed E-state index contributed by atoms with van der Waals surface area (Å²) < 4.78 is 0. The van der Waals surface area contributed by atoms with Gasteiger partial charge in [-0.2, -0.15) is 5.10 Å². The summed E-state index contributed by atoms with van der Waals surface area (Å²) in [6.07, 6.45) is 4.65. The van der Waals surface area contributed by atoms with Crippen molar-refractivity contribution in [2.75, 3.05) is 31.6 Å². The Morgan fingerprint density at radius 1 is 1.28 bits per heavy atom. The third kappa shape index (κ3) is 3.42. The van der Waals surface area contributed by atoms with Crippen molar-refractivity contribution in [2.24, 2.45) is 5.92 Å². The second-order valence-electron chi connectivity index (χ2n) is 5.12. The van der Waals surface area contributed by atoms with Gasteiger partial charge in [0.05, 0.1) is 5.69 Å². The molecule has 1 aromatic rings. The molecule has 0 unspecified atom stereocenters. The molecule has 4 nitrogen and oxygen atoms in total. The third-order valence-electron chi connectivity index (χ3n) is 3.64. The average molecular weight is 248 g/mol. The van der Waals surface area contributed by atoms with Gasteiger partial charge in [-0.25, -0.2) is 0 Å². The van der Waals surface area contributed by atoms with E-state index in [1.54, 1.807) is 0 Å². The average Bonchev–Trinajstić information content (AvgIpc) is 2.41. The first-order valence-corrected chi connectivity index (χ1v) is 7.05. The lowest BCUT2D eigenvalue weighted by atomic mass is 9.97. The monoisotopic (exact) mass is 248 g/mol. The number of piperidine rings is 1. The quantitative estimate of drug-likeness (QED) is 0.863. The minimum Gasteiger partial charge on any atom is -0.355 e. The highest BCUT2D eigenvalue weighted by Gasteiger charge is 2.19. The van der Waals surface area contributed by atoms with Gasteiger partial charge in [0, 0.05) is 13.1 Å². The van der Waals surface area contributed by atoms with Crippen molar-refractivity contribution in [3.63, 3.8) is 0 Å². The number of rotatable bonds is 5. The van der Waals surface area contributed by atoms with Crippen LogP contribution in [-0.4, -0.2) is 36.9 Å². The molecule has 0 spiro atoms. The molecule has 1 aliphatic rings. The van der Waals surface area contributed by atoms with Gasteiger partial charge in [-0.15, -0.1) is 5.10 Å². The van der Waals surface area contributed by atoms with Gasteiger partial charge in [0.15, 0.2) is 5.82 Å². The molecule has 0 aliphatic carbocycles. The summed E-state index contributed by atoms with van der Waals surface area (Å²) in [5, 5.41) is 11.9. The predicted molar refractivity (Wildman–Crippen MR) is 74.9 cm³/mol. The summed E-state index contributed by atoms with van der Waals surface area (Å²) >= 11 is 0. The van der Waals surface area contributed by atoms with Crippen LogP contribution in [0.4, 0.5) is 5.82 Å². The van der Waals surface area contributed by atoms with E-state index < -0.39 is 0 Å². The molecule has 100 valence electrons. The highest BCUT2D eigenvalue weighted by atomic mass is 15.3. The van der Waals surface area contributed by atoms with Crippen molar-refractivity contribution < 1.29 is 0 Å². The fourth-order valence-electron chi connectivity index (χ4n) is 2.57. The van der Waals surface area contributed by atoms with Crippen LogP contribution in [0.25, 0.3) is 0 Å². The van der Waals surface area contributed by atoms with Gasteiger partial charge >= 0.3 is 0 Å². The standard InChI is InChI=1S/C14H24N4/c1-3-4-13-5-6-14(17-16-13)18-9-7-12(8-10-18)11-15-2/h5-6,12,15H,3-4,7-11H2,1-2H3. The minimum absolute atomic E-state index is 0.818. The zero-order valence-corrected chi connectivity index (χ0v) is 11.5. The molecule has 0 bridgehead atoms. The maximum atomic E-state index is 4.35. The SMILES string of the molecule is CCCc1ccc(N2CCC(CNC)CC2)nn1. The number of anilines is 1. The van der Waals surface area contributed by atoms with Crippen LogP contribution in [0.2, 0.25) is 0 Å². The van der Waals surface area contributed by atoms with Gasteiger partial charge < -0.3 is 10.2 Å². The molecule has 0 atom stereocenters. The molecule has 18 heavy (non-hydrogen) atoms. The maximum Gasteiger partial charge on any atom is 0.151 e. The van der Waals surface area contributed by atoms with Gasteiger partial charge in [-0.05, 0) is 50.9 Å². The Labute approximate surface area is 110 Å². The molecule has 0 saturated carbocycles. The van der Waals surface area contributed by atoms with E-state index >= 15 is 0 Å². The fraction of sp³-hybridized carbons (Fsp3) is 0.714. The zero-order valence-electron chi connectivity index (χ0n) is 11.5. The lowest BCUT2D eigenvalue weighted by Gasteiger charge is -2.32. The highest BCUT2D eigenvalue weighted by molar-refractivity contribution is 5.37. The lowest BCUT2D eigenvalue weighted by Crippen LogP contribution is -2.37. The number of hydrogen-bond donors (Lipinski definition) is 1. The van der Waals surface area contributed by atoms with E-state index in [0.717, 1.165) is 49.9 Å². The second kappa shape index (κ2) is 6.69. The van der Waals surface area contributed by atoms with Crippen molar-refractivity contribution >= 4 is 5.82 Å². The number of aromatic nitrogens is 2. The van der Waals surface area contributed by atoms with E-state index in [2.05, 4.69) is 39.5 Å². The zero-order chi connectivity index (χ0) is 12.8. The maximum absolute atomic E-state index is 4.35. The molecule has 4 heteroatoms. The Bertz CT molecular complexity index is 341. The van der Waals surface area contributed by atoms with Gasteiger partial charge in [0.25, 0.3) is 0 Å². The first-order chi connectivity index (χ1) is 8.83. The molecular weight excluding hydrogens is 224 g/mol. The first kappa shape index (κ1) is 13.3. The van der Waals surface area contributed by atoms with E-state index in [9.17, 15) is 0 Å². The van der Waals surface area contributed by atoms with Crippen LogP contribution in [0.1, 0.15) is 31.9 Å². The summed E-state index contributed by atoms with van der Waals surface area (Å²) in [6, 6.07) is 4.24. The van der Waals surface area contributed by atoms with Gasteiger partial charge in [-0.3, -0.25) is 0 Å². The summed E-state index contributed by atoms with van der Waals surface area (Å²) in [5.41, 5.74) is 1.10. The van der Waals surface area contributed by atoms with E-state index in [1.807, 2.05) is 7.05 Å². The van der Waals surface area contributed by atoms with Crippen LogP contribution in [0, 0.1) is 5.92 Å². The molecule has 0 radical (unpaired) electrons. The largest absolute Gasteiger partial charge is 0.355 e. The van der Waals surface area contributed by atoms with E-state index in [0.29, 0.717) is 0 Å². The van der Waals surface area contributed by atoms with Crippen LogP contribution in [0.15, 0.2) is 12.1 Å². The fourth-order valence-corrected chi connectivity index (χ4v) is 2.57. The topological polar surface area (TPSA) is 41.0 Å². The summed E-state index contributed by atoms with van der Waals surface area (Å²) in [7, 11) is 2.03. The molecule has 1 aromatic heterocycles. The van der Waals surface area contributed by atoms with Crippen molar-refractivity contribution in [1.29, 1.82) is 0 Å². The molecule has 1 aliphatic heterocycles. The molecule has 1 fully saturated rings. The van der Waals surface area contributed by atoms with E-state index in [-0.39, 0.29) is 0 Å². The van der Waals surface area contributed by atoms with Crippen molar-refractivity contribution in [3.05, 3.63) is 17.8 Å². The summed E-state index contributed by atoms with van der Waals surface area (Å²) in [6.45, 7) is 5.51. The minimum atomic E-state index is 0.818. The molecular formula is C14H24N4.